The Bertz CT molecular complexity index is 1170. The number of H-pyrrole nitrogens is 2. The molecule has 3 N–H and O–H groups in total. The third kappa shape index (κ3) is 3.04. The highest BCUT2D eigenvalue weighted by atomic mass is 32.1. The Balaban J connectivity index is 1.61. The number of carbonyl (C=O) groups is 1. The number of thiazole rings is 1. The van der Waals surface area contributed by atoms with Crippen LogP contribution in [0.3, 0.4) is 0 Å². The molecule has 0 aliphatic carbocycles. The van der Waals surface area contributed by atoms with Gasteiger partial charge in [0.05, 0.1) is 16.7 Å². The van der Waals surface area contributed by atoms with Crippen molar-refractivity contribution in [1.29, 1.82) is 0 Å². The summed E-state index contributed by atoms with van der Waals surface area (Å²) in [5.41, 5.74) is 4.55. The maximum absolute atomic E-state index is 12.7. The fraction of sp³-hybridized carbons (Fsp3) is 0.105. The second-order valence-corrected chi connectivity index (χ2v) is 7.09. The molecule has 130 valence electrons. The number of anilines is 1. The molecule has 0 saturated heterocycles. The van der Waals surface area contributed by atoms with Gasteiger partial charge >= 0.3 is 5.69 Å². The molecule has 0 aliphatic heterocycles. The van der Waals surface area contributed by atoms with E-state index in [9.17, 15) is 9.59 Å². The summed E-state index contributed by atoms with van der Waals surface area (Å²) >= 11 is 1.37. The topological polar surface area (TPSA) is 90.6 Å². The monoisotopic (exact) mass is 364 g/mol. The molecular weight excluding hydrogens is 348 g/mol. The summed E-state index contributed by atoms with van der Waals surface area (Å²) in [4.78, 5) is 34.5. The van der Waals surface area contributed by atoms with E-state index in [0.717, 1.165) is 10.6 Å². The summed E-state index contributed by atoms with van der Waals surface area (Å²) < 4.78 is 0. The van der Waals surface area contributed by atoms with Crippen molar-refractivity contribution >= 4 is 34.0 Å². The minimum atomic E-state index is -0.274. The Morgan fingerprint density at radius 1 is 1.04 bits per heavy atom. The SMILES string of the molecule is Cc1ccc(-c2nc(C)c(C(=O)Nc3ccc4[nH]c(=O)[nH]c4c3)s2)cc1. The summed E-state index contributed by atoms with van der Waals surface area (Å²) in [6, 6.07) is 13.3. The summed E-state index contributed by atoms with van der Waals surface area (Å²) in [5.74, 6) is -0.212. The number of hydrogen-bond donors (Lipinski definition) is 3. The molecule has 0 saturated carbocycles. The lowest BCUT2D eigenvalue weighted by atomic mass is 10.2. The van der Waals surface area contributed by atoms with Crippen LogP contribution in [0.1, 0.15) is 20.9 Å². The van der Waals surface area contributed by atoms with Gasteiger partial charge in [0.25, 0.3) is 5.91 Å². The van der Waals surface area contributed by atoms with Crippen LogP contribution < -0.4 is 11.0 Å². The molecule has 2 heterocycles. The molecule has 26 heavy (non-hydrogen) atoms. The van der Waals surface area contributed by atoms with Crippen LogP contribution >= 0.6 is 11.3 Å². The quantitative estimate of drug-likeness (QED) is 0.516. The second kappa shape index (κ2) is 6.27. The molecule has 0 radical (unpaired) electrons. The number of hydrogen-bond acceptors (Lipinski definition) is 4. The lowest BCUT2D eigenvalue weighted by Gasteiger charge is -2.04. The molecule has 2 aromatic carbocycles. The minimum absolute atomic E-state index is 0.212. The standard InChI is InChI=1S/C19H16N4O2S/c1-10-3-5-12(6-4-10)18-20-11(2)16(26-18)17(24)21-13-7-8-14-15(9-13)23-19(25)22-14/h3-9H,1-2H3,(H,21,24)(H2,22,23,25). The van der Waals surface area contributed by atoms with Gasteiger partial charge in [-0.2, -0.15) is 0 Å². The largest absolute Gasteiger partial charge is 0.323 e. The van der Waals surface area contributed by atoms with Crippen LogP contribution in [-0.4, -0.2) is 20.9 Å². The molecule has 0 unspecified atom stereocenters. The van der Waals surface area contributed by atoms with E-state index in [1.807, 2.05) is 38.1 Å². The van der Waals surface area contributed by atoms with Gasteiger partial charge < -0.3 is 15.3 Å². The lowest BCUT2D eigenvalue weighted by molar-refractivity contribution is 0.103. The molecule has 2 aromatic heterocycles. The number of imidazole rings is 1. The molecule has 0 atom stereocenters. The van der Waals surface area contributed by atoms with Crippen LogP contribution in [0.5, 0.6) is 0 Å². The van der Waals surface area contributed by atoms with Crippen molar-refractivity contribution in [2.24, 2.45) is 0 Å². The summed E-state index contributed by atoms with van der Waals surface area (Å²) in [6.07, 6.45) is 0. The number of amides is 1. The van der Waals surface area contributed by atoms with Crippen molar-refractivity contribution < 1.29 is 4.79 Å². The number of aromatic nitrogens is 3. The van der Waals surface area contributed by atoms with Gasteiger partial charge in [-0.15, -0.1) is 11.3 Å². The summed E-state index contributed by atoms with van der Waals surface area (Å²) in [6.45, 7) is 3.86. The van der Waals surface area contributed by atoms with E-state index in [1.165, 1.54) is 16.9 Å². The van der Waals surface area contributed by atoms with Crippen molar-refractivity contribution in [3.05, 3.63) is 69.1 Å². The molecule has 7 heteroatoms. The molecule has 0 aliphatic rings. The van der Waals surface area contributed by atoms with Gasteiger partial charge in [0, 0.05) is 11.3 Å². The Morgan fingerprint density at radius 3 is 2.54 bits per heavy atom. The van der Waals surface area contributed by atoms with Crippen molar-refractivity contribution in [2.45, 2.75) is 13.8 Å². The molecule has 0 spiro atoms. The first-order valence-electron chi connectivity index (χ1n) is 8.07. The Kier molecular flexibility index (Phi) is 3.93. The van der Waals surface area contributed by atoms with Crippen molar-refractivity contribution in [1.82, 2.24) is 15.0 Å². The number of benzene rings is 2. The highest BCUT2D eigenvalue weighted by Gasteiger charge is 2.16. The number of carbonyl (C=O) groups excluding carboxylic acids is 1. The summed E-state index contributed by atoms with van der Waals surface area (Å²) in [7, 11) is 0. The number of nitrogens with one attached hydrogen (secondary N) is 3. The Labute approximate surface area is 152 Å². The normalized spacial score (nSPS) is 11.0. The second-order valence-electron chi connectivity index (χ2n) is 6.09. The fourth-order valence-electron chi connectivity index (χ4n) is 2.72. The summed E-state index contributed by atoms with van der Waals surface area (Å²) in [5, 5.41) is 3.69. The van der Waals surface area contributed by atoms with E-state index < -0.39 is 0 Å². The Morgan fingerprint density at radius 2 is 1.77 bits per heavy atom. The number of aryl methyl sites for hydroxylation is 2. The van der Waals surface area contributed by atoms with Gasteiger partial charge in [0.2, 0.25) is 0 Å². The van der Waals surface area contributed by atoms with Crippen LogP contribution in [-0.2, 0) is 0 Å². The highest BCUT2D eigenvalue weighted by molar-refractivity contribution is 7.17. The van der Waals surface area contributed by atoms with E-state index in [-0.39, 0.29) is 11.6 Å². The zero-order chi connectivity index (χ0) is 18.3. The minimum Gasteiger partial charge on any atom is -0.321 e. The highest BCUT2D eigenvalue weighted by Crippen LogP contribution is 2.29. The van der Waals surface area contributed by atoms with E-state index in [0.29, 0.717) is 27.3 Å². The molecule has 4 rings (SSSR count). The molecule has 0 fully saturated rings. The van der Waals surface area contributed by atoms with Crippen LogP contribution in [0, 0.1) is 13.8 Å². The van der Waals surface area contributed by atoms with E-state index in [4.69, 9.17) is 0 Å². The van der Waals surface area contributed by atoms with Crippen molar-refractivity contribution in [2.75, 3.05) is 5.32 Å². The molecular formula is C19H16N4O2S. The van der Waals surface area contributed by atoms with Crippen molar-refractivity contribution in [3.63, 3.8) is 0 Å². The van der Waals surface area contributed by atoms with Crippen LogP contribution in [0.4, 0.5) is 5.69 Å². The zero-order valence-corrected chi connectivity index (χ0v) is 15.0. The predicted molar refractivity (Wildman–Crippen MR) is 104 cm³/mol. The van der Waals surface area contributed by atoms with Crippen molar-refractivity contribution in [3.8, 4) is 10.6 Å². The maximum atomic E-state index is 12.7. The number of aromatic amines is 2. The molecule has 4 aromatic rings. The average molecular weight is 364 g/mol. The Hall–Kier alpha value is -3.19. The molecule has 0 bridgehead atoms. The first-order chi connectivity index (χ1) is 12.5. The zero-order valence-electron chi connectivity index (χ0n) is 14.2. The van der Waals surface area contributed by atoms with Gasteiger partial charge in [-0.05, 0) is 32.0 Å². The average Bonchev–Trinajstić information content (AvgIpc) is 3.17. The molecule has 6 nitrogen and oxygen atoms in total. The van der Waals surface area contributed by atoms with Crippen LogP contribution in [0.15, 0.2) is 47.3 Å². The third-order valence-electron chi connectivity index (χ3n) is 4.08. The first-order valence-corrected chi connectivity index (χ1v) is 8.89. The fourth-order valence-corrected chi connectivity index (χ4v) is 3.69. The van der Waals surface area contributed by atoms with Gasteiger partial charge in [0.15, 0.2) is 0 Å². The maximum Gasteiger partial charge on any atom is 0.323 e. The van der Waals surface area contributed by atoms with Gasteiger partial charge in [-0.3, -0.25) is 4.79 Å². The van der Waals surface area contributed by atoms with Gasteiger partial charge in [-0.25, -0.2) is 9.78 Å². The smallest absolute Gasteiger partial charge is 0.321 e. The number of rotatable bonds is 3. The van der Waals surface area contributed by atoms with Gasteiger partial charge in [0.1, 0.15) is 9.88 Å². The van der Waals surface area contributed by atoms with Crippen LogP contribution in [0.25, 0.3) is 21.6 Å². The third-order valence-corrected chi connectivity index (χ3v) is 5.28. The van der Waals surface area contributed by atoms with E-state index in [2.05, 4.69) is 20.3 Å². The number of nitrogens with zero attached hydrogens (tertiary/aromatic N) is 1. The van der Waals surface area contributed by atoms with Gasteiger partial charge in [-0.1, -0.05) is 29.8 Å². The molecule has 1 amide bonds. The first kappa shape index (κ1) is 16.3. The van der Waals surface area contributed by atoms with Crippen LogP contribution in [0.2, 0.25) is 0 Å². The lowest BCUT2D eigenvalue weighted by Crippen LogP contribution is -2.11. The van der Waals surface area contributed by atoms with E-state index >= 15 is 0 Å². The van der Waals surface area contributed by atoms with E-state index in [1.54, 1.807) is 18.2 Å². The number of fused-ring (bicyclic) bond motifs is 1. The predicted octanol–water partition coefficient (Wildman–Crippen LogP) is 3.85.